The number of nitriles is 1. The lowest BCUT2D eigenvalue weighted by molar-refractivity contribution is 0.783. The Balaban J connectivity index is 2.76. The maximum absolute atomic E-state index is 12.5. The molecule has 0 saturated heterocycles. The second-order valence-electron chi connectivity index (χ2n) is 5.13. The molecule has 0 atom stereocenters. The predicted molar refractivity (Wildman–Crippen MR) is 75.6 cm³/mol. The average Bonchev–Trinajstić information content (AvgIpc) is 2.91. The Kier molecular flexibility index (Phi) is 2.48. The highest BCUT2D eigenvalue weighted by Gasteiger charge is 2.25. The minimum Gasteiger partial charge on any atom is -0.384 e. The molecule has 6 heteroatoms. The second-order valence-corrected chi connectivity index (χ2v) is 5.13. The largest absolute Gasteiger partial charge is 0.384 e. The molecule has 2 N–H and O–H groups in total. The summed E-state index contributed by atoms with van der Waals surface area (Å²) >= 11 is 0. The molecule has 1 aliphatic rings. The lowest BCUT2D eigenvalue weighted by Crippen LogP contribution is -2.29. The standard InChI is InChI=1S/C14H14N4O2/c1-17-9-5-3-4-7(9)10-8(6-15)13(19)18(2)12(16)11(10)14(17)20/h3-5,16H2,1-2H3. The van der Waals surface area contributed by atoms with Gasteiger partial charge in [-0.15, -0.1) is 0 Å². The highest BCUT2D eigenvalue weighted by atomic mass is 16.1. The molecule has 0 spiro atoms. The number of nitrogen functional groups attached to an aromatic ring is 1. The van der Waals surface area contributed by atoms with Gasteiger partial charge in [-0.05, 0) is 24.8 Å². The number of nitrogens with two attached hydrogens (primary N) is 1. The van der Waals surface area contributed by atoms with E-state index >= 15 is 0 Å². The lowest BCUT2D eigenvalue weighted by atomic mass is 10.0. The highest BCUT2D eigenvalue weighted by molar-refractivity contribution is 5.97. The molecular formula is C14H14N4O2. The van der Waals surface area contributed by atoms with Crippen LogP contribution >= 0.6 is 0 Å². The SMILES string of the molecule is Cn1c(N)c2c(=O)n(C)c3c(c2c(C#N)c1=O)CCC3. The van der Waals surface area contributed by atoms with E-state index in [-0.39, 0.29) is 22.3 Å². The van der Waals surface area contributed by atoms with Gasteiger partial charge < -0.3 is 10.3 Å². The molecule has 2 heterocycles. The van der Waals surface area contributed by atoms with Crippen molar-refractivity contribution < 1.29 is 0 Å². The molecule has 102 valence electrons. The van der Waals surface area contributed by atoms with Crippen LogP contribution in [0.5, 0.6) is 0 Å². The van der Waals surface area contributed by atoms with Gasteiger partial charge in [-0.1, -0.05) is 0 Å². The first-order chi connectivity index (χ1) is 9.49. The Morgan fingerprint density at radius 2 is 1.80 bits per heavy atom. The van der Waals surface area contributed by atoms with E-state index in [0.717, 1.165) is 30.5 Å². The van der Waals surface area contributed by atoms with Crippen LogP contribution < -0.4 is 16.9 Å². The summed E-state index contributed by atoms with van der Waals surface area (Å²) < 4.78 is 2.76. The van der Waals surface area contributed by atoms with Gasteiger partial charge >= 0.3 is 0 Å². The summed E-state index contributed by atoms with van der Waals surface area (Å²) in [4.78, 5) is 24.7. The highest BCUT2D eigenvalue weighted by Crippen LogP contribution is 2.30. The third-order valence-electron chi connectivity index (χ3n) is 4.16. The Morgan fingerprint density at radius 1 is 1.10 bits per heavy atom. The van der Waals surface area contributed by atoms with Gasteiger partial charge in [0.05, 0.1) is 5.39 Å². The first kappa shape index (κ1) is 12.5. The van der Waals surface area contributed by atoms with E-state index in [2.05, 4.69) is 0 Å². The first-order valence-electron chi connectivity index (χ1n) is 6.42. The number of anilines is 1. The maximum Gasteiger partial charge on any atom is 0.270 e. The van der Waals surface area contributed by atoms with E-state index in [0.29, 0.717) is 5.39 Å². The third kappa shape index (κ3) is 1.32. The van der Waals surface area contributed by atoms with Crippen molar-refractivity contribution in [3.05, 3.63) is 37.5 Å². The van der Waals surface area contributed by atoms with E-state index in [4.69, 9.17) is 5.73 Å². The maximum atomic E-state index is 12.5. The molecule has 0 fully saturated rings. The van der Waals surface area contributed by atoms with Gasteiger partial charge in [0, 0.05) is 25.2 Å². The van der Waals surface area contributed by atoms with Crippen LogP contribution in [-0.4, -0.2) is 9.13 Å². The van der Waals surface area contributed by atoms with E-state index < -0.39 is 5.56 Å². The Hall–Kier alpha value is -2.55. The number of aromatic nitrogens is 2. The fourth-order valence-corrected chi connectivity index (χ4v) is 3.08. The zero-order valence-corrected chi connectivity index (χ0v) is 11.4. The van der Waals surface area contributed by atoms with Crippen molar-refractivity contribution in [2.24, 2.45) is 14.1 Å². The molecule has 6 nitrogen and oxygen atoms in total. The quantitative estimate of drug-likeness (QED) is 0.739. The molecule has 0 saturated carbocycles. The van der Waals surface area contributed by atoms with Crippen LogP contribution in [0.2, 0.25) is 0 Å². The number of hydrogen-bond donors (Lipinski definition) is 1. The normalized spacial score (nSPS) is 13.4. The number of pyridine rings is 2. The smallest absolute Gasteiger partial charge is 0.270 e. The summed E-state index contributed by atoms with van der Waals surface area (Å²) in [7, 11) is 3.19. The van der Waals surface area contributed by atoms with Crippen LogP contribution in [0.1, 0.15) is 23.2 Å². The Morgan fingerprint density at radius 3 is 2.45 bits per heavy atom. The first-order valence-corrected chi connectivity index (χ1v) is 6.42. The van der Waals surface area contributed by atoms with Crippen molar-refractivity contribution in [3.8, 4) is 6.07 Å². The van der Waals surface area contributed by atoms with Gasteiger partial charge in [-0.25, -0.2) is 0 Å². The predicted octanol–water partition coefficient (Wildman–Crippen LogP) is 0.180. The molecule has 0 radical (unpaired) electrons. The summed E-state index contributed by atoms with van der Waals surface area (Å²) in [6.45, 7) is 0. The van der Waals surface area contributed by atoms with Crippen molar-refractivity contribution in [1.29, 1.82) is 5.26 Å². The van der Waals surface area contributed by atoms with Crippen LogP contribution in [0.25, 0.3) is 10.8 Å². The van der Waals surface area contributed by atoms with Gasteiger partial charge in [0.25, 0.3) is 11.1 Å². The van der Waals surface area contributed by atoms with E-state index in [1.165, 1.54) is 11.6 Å². The molecule has 0 amide bonds. The number of nitrogens with zero attached hydrogens (tertiary/aromatic N) is 3. The van der Waals surface area contributed by atoms with Crippen LogP contribution in [0.4, 0.5) is 5.82 Å². The molecule has 0 aromatic carbocycles. The molecule has 1 aliphatic carbocycles. The molecule has 20 heavy (non-hydrogen) atoms. The summed E-state index contributed by atoms with van der Waals surface area (Å²) in [5.41, 5.74) is 7.11. The zero-order chi connectivity index (χ0) is 14.6. The molecule has 0 unspecified atom stereocenters. The van der Waals surface area contributed by atoms with Gasteiger partial charge in [0.15, 0.2) is 0 Å². The van der Waals surface area contributed by atoms with Crippen molar-refractivity contribution in [2.45, 2.75) is 19.3 Å². The average molecular weight is 270 g/mol. The molecular weight excluding hydrogens is 256 g/mol. The summed E-state index contributed by atoms with van der Waals surface area (Å²) in [6.07, 6.45) is 2.47. The minimum atomic E-state index is -0.445. The van der Waals surface area contributed by atoms with Crippen molar-refractivity contribution in [3.63, 3.8) is 0 Å². The van der Waals surface area contributed by atoms with Crippen molar-refractivity contribution in [1.82, 2.24) is 9.13 Å². The number of rotatable bonds is 0. The van der Waals surface area contributed by atoms with Gasteiger partial charge in [-0.3, -0.25) is 14.2 Å². The third-order valence-corrected chi connectivity index (χ3v) is 4.16. The molecule has 2 aromatic rings. The topological polar surface area (TPSA) is 93.8 Å². The fourth-order valence-electron chi connectivity index (χ4n) is 3.08. The second kappa shape index (κ2) is 3.97. The molecule has 0 aliphatic heterocycles. The zero-order valence-electron chi connectivity index (χ0n) is 11.4. The van der Waals surface area contributed by atoms with Gasteiger partial charge in [0.1, 0.15) is 17.5 Å². The van der Waals surface area contributed by atoms with Crippen molar-refractivity contribution in [2.75, 3.05) is 5.73 Å². The van der Waals surface area contributed by atoms with Crippen molar-refractivity contribution >= 4 is 16.6 Å². The number of hydrogen-bond acceptors (Lipinski definition) is 4. The van der Waals surface area contributed by atoms with E-state index in [1.807, 2.05) is 6.07 Å². The summed E-state index contributed by atoms with van der Waals surface area (Å²) in [5, 5.41) is 10.1. The fraction of sp³-hybridized carbons (Fsp3) is 0.357. The van der Waals surface area contributed by atoms with Crippen LogP contribution in [0.3, 0.4) is 0 Å². The monoisotopic (exact) mass is 270 g/mol. The Bertz CT molecular complexity index is 912. The van der Waals surface area contributed by atoms with Crippen LogP contribution in [0.15, 0.2) is 9.59 Å². The van der Waals surface area contributed by atoms with E-state index in [9.17, 15) is 14.9 Å². The van der Waals surface area contributed by atoms with Gasteiger partial charge in [0.2, 0.25) is 0 Å². The lowest BCUT2D eigenvalue weighted by Gasteiger charge is -2.15. The summed E-state index contributed by atoms with van der Waals surface area (Å²) in [6, 6.07) is 1.95. The minimum absolute atomic E-state index is 0.0209. The van der Waals surface area contributed by atoms with E-state index in [1.54, 1.807) is 11.6 Å². The summed E-state index contributed by atoms with van der Waals surface area (Å²) in [5.74, 6) is 0.124. The van der Waals surface area contributed by atoms with Crippen LogP contribution in [0, 0.1) is 11.3 Å². The number of fused-ring (bicyclic) bond motifs is 3. The Labute approximate surface area is 114 Å². The van der Waals surface area contributed by atoms with Gasteiger partial charge in [-0.2, -0.15) is 5.26 Å². The molecule has 3 rings (SSSR count). The molecule has 0 bridgehead atoms. The molecule has 2 aromatic heterocycles. The number of aryl methyl sites for hydroxylation is 1. The van der Waals surface area contributed by atoms with Crippen LogP contribution in [-0.2, 0) is 26.9 Å².